The fourth-order valence-corrected chi connectivity index (χ4v) is 8.42. The van der Waals surface area contributed by atoms with Crippen molar-refractivity contribution in [1.82, 2.24) is 0 Å². The predicted molar refractivity (Wildman–Crippen MR) is 285 cm³/mol. The molecule has 0 aromatic rings. The molecule has 0 aromatic heterocycles. The molecular weight excluding hydrogens is 787 g/mol. The van der Waals surface area contributed by atoms with Gasteiger partial charge in [-0.05, 0) is 44.9 Å². The molecule has 0 bridgehead atoms. The second-order valence-electron chi connectivity index (χ2n) is 19.5. The third kappa shape index (κ3) is 74.5. The number of nitrogens with two attached hydrogens (primary N) is 3. The first-order chi connectivity index (χ1) is 31.3. The molecule has 0 atom stereocenters. The van der Waals surface area contributed by atoms with Crippen molar-refractivity contribution in [3.63, 3.8) is 0 Å². The zero-order chi connectivity index (χ0) is 47.5. The molecule has 6 heteroatoms. The molecule has 3 amide bonds. The molecule has 0 heterocycles. The molecule has 0 spiro atoms. The van der Waals surface area contributed by atoms with Crippen LogP contribution in [0.25, 0.3) is 0 Å². The molecule has 0 aliphatic heterocycles. The minimum Gasteiger partial charge on any atom is -0.370 e. The molecule has 382 valence electrons. The van der Waals surface area contributed by atoms with Crippen LogP contribution >= 0.6 is 0 Å². The molecule has 0 aromatic carbocycles. The van der Waals surface area contributed by atoms with E-state index in [1.54, 1.807) is 0 Å². The number of allylic oxidation sites excluding steroid dienone is 2. The Hall–Kier alpha value is -1.85. The van der Waals surface area contributed by atoms with Crippen LogP contribution in [0.4, 0.5) is 0 Å². The van der Waals surface area contributed by atoms with E-state index in [0.717, 1.165) is 25.7 Å². The molecule has 6 nitrogen and oxygen atoms in total. The van der Waals surface area contributed by atoms with Crippen molar-refractivity contribution in [1.29, 1.82) is 0 Å². The standard InChI is InChI=1S/C22H43NO.2C18H37NO/c1-2-3-4-5-6-7-8-9-10-11-12-13-14-15-16-17-18-19-20-21-22(23)24;2*1-2-3-4-5-6-7-8-9-10-11-12-13-14-15-16-17-18(19)20/h9-10H,2-8,11-21H2,1H3,(H2,23,24);2*2-17H2,1H3,(H2,19,20)/b10-9-;;. The first-order valence-corrected chi connectivity index (χ1v) is 28.8. The van der Waals surface area contributed by atoms with E-state index in [9.17, 15) is 14.4 Å². The maximum Gasteiger partial charge on any atom is 0.217 e. The lowest BCUT2D eigenvalue weighted by Crippen LogP contribution is -2.09. The van der Waals surface area contributed by atoms with Crippen LogP contribution < -0.4 is 17.2 Å². The van der Waals surface area contributed by atoms with Crippen LogP contribution in [-0.4, -0.2) is 17.7 Å². The van der Waals surface area contributed by atoms with Crippen LogP contribution in [0, 0.1) is 0 Å². The monoisotopic (exact) mass is 904 g/mol. The molecule has 6 N–H and O–H groups in total. The largest absolute Gasteiger partial charge is 0.370 e. The van der Waals surface area contributed by atoms with Crippen molar-refractivity contribution < 1.29 is 14.4 Å². The Kier molecular flexibility index (Phi) is 65.6. The lowest BCUT2D eigenvalue weighted by atomic mass is 10.0. The number of carbonyl (C=O) groups excluding carboxylic acids is 3. The van der Waals surface area contributed by atoms with Crippen LogP contribution in [0.3, 0.4) is 0 Å². The molecule has 0 unspecified atom stereocenters. The van der Waals surface area contributed by atoms with Gasteiger partial charge in [0.2, 0.25) is 17.7 Å². The van der Waals surface area contributed by atoms with Gasteiger partial charge >= 0.3 is 0 Å². The number of carbonyl (C=O) groups is 3. The topological polar surface area (TPSA) is 129 Å². The van der Waals surface area contributed by atoms with Gasteiger partial charge in [-0.2, -0.15) is 0 Å². The molecule has 0 aliphatic carbocycles. The Balaban J connectivity index is -0.000000878. The fourth-order valence-electron chi connectivity index (χ4n) is 8.42. The van der Waals surface area contributed by atoms with Crippen molar-refractivity contribution in [2.24, 2.45) is 17.2 Å². The molecule has 0 radical (unpaired) electrons. The highest BCUT2D eigenvalue weighted by molar-refractivity contribution is 5.74. The van der Waals surface area contributed by atoms with Gasteiger partial charge in [0.25, 0.3) is 0 Å². The second-order valence-corrected chi connectivity index (χ2v) is 19.5. The molecule has 64 heavy (non-hydrogen) atoms. The highest BCUT2D eigenvalue weighted by atomic mass is 16.1. The summed E-state index contributed by atoms with van der Waals surface area (Å²) in [5.74, 6) is -0.463. The van der Waals surface area contributed by atoms with E-state index in [1.165, 1.54) is 276 Å². The average Bonchev–Trinajstić information content (AvgIpc) is 3.27. The Morgan fingerprint density at radius 1 is 0.234 bits per heavy atom. The first kappa shape index (κ1) is 66.4. The quantitative estimate of drug-likeness (QED) is 0.0415. The van der Waals surface area contributed by atoms with Crippen molar-refractivity contribution in [3.8, 4) is 0 Å². The smallest absolute Gasteiger partial charge is 0.217 e. The summed E-state index contributed by atoms with van der Waals surface area (Å²) in [4.78, 5) is 31.7. The summed E-state index contributed by atoms with van der Waals surface area (Å²) in [5.41, 5.74) is 15.3. The Morgan fingerprint density at radius 3 is 0.531 bits per heavy atom. The summed E-state index contributed by atoms with van der Waals surface area (Å²) in [6, 6.07) is 0. The zero-order valence-corrected chi connectivity index (χ0v) is 44.0. The average molecular weight is 905 g/mol. The number of hydrogen-bond donors (Lipinski definition) is 3. The second kappa shape index (κ2) is 63.2. The van der Waals surface area contributed by atoms with E-state index in [-0.39, 0.29) is 17.7 Å². The summed E-state index contributed by atoms with van der Waals surface area (Å²) < 4.78 is 0. The van der Waals surface area contributed by atoms with Gasteiger partial charge in [-0.25, -0.2) is 0 Å². The summed E-state index contributed by atoms with van der Waals surface area (Å²) >= 11 is 0. The van der Waals surface area contributed by atoms with Crippen LogP contribution in [0.1, 0.15) is 342 Å². The third-order valence-electron chi connectivity index (χ3n) is 12.7. The van der Waals surface area contributed by atoms with Crippen molar-refractivity contribution in [2.45, 2.75) is 342 Å². The summed E-state index contributed by atoms with van der Waals surface area (Å²) in [6.45, 7) is 6.83. The Morgan fingerprint density at radius 2 is 0.375 bits per heavy atom. The van der Waals surface area contributed by atoms with E-state index in [0.29, 0.717) is 19.3 Å². The summed E-state index contributed by atoms with van der Waals surface area (Å²) in [5, 5.41) is 0. The highest BCUT2D eigenvalue weighted by Crippen LogP contribution is 2.16. The van der Waals surface area contributed by atoms with Crippen LogP contribution in [0.5, 0.6) is 0 Å². The van der Waals surface area contributed by atoms with E-state index in [4.69, 9.17) is 17.2 Å². The van der Waals surface area contributed by atoms with E-state index >= 15 is 0 Å². The molecular formula is C58H117N3O3. The Bertz CT molecular complexity index is 878. The SMILES string of the molecule is CCCCCCCC/C=C\CCCCCCCCCCCC(N)=O.CCCCCCCCCCCCCCCCCC(N)=O.CCCCCCCCCCCCCCCCCC(N)=O. The molecule has 0 saturated carbocycles. The van der Waals surface area contributed by atoms with Crippen molar-refractivity contribution >= 4 is 17.7 Å². The van der Waals surface area contributed by atoms with Crippen LogP contribution in [0.15, 0.2) is 12.2 Å². The number of amides is 3. The molecule has 0 aliphatic rings. The highest BCUT2D eigenvalue weighted by Gasteiger charge is 1.99. The summed E-state index contributed by atoms with van der Waals surface area (Å²) in [6.07, 6.45) is 69.6. The van der Waals surface area contributed by atoms with Crippen LogP contribution in [-0.2, 0) is 14.4 Å². The molecule has 0 fully saturated rings. The summed E-state index contributed by atoms with van der Waals surface area (Å²) in [7, 11) is 0. The maximum atomic E-state index is 10.6. The van der Waals surface area contributed by atoms with Gasteiger partial charge in [0, 0.05) is 19.3 Å². The van der Waals surface area contributed by atoms with E-state index < -0.39 is 0 Å². The van der Waals surface area contributed by atoms with Crippen LogP contribution in [0.2, 0.25) is 0 Å². The van der Waals surface area contributed by atoms with Gasteiger partial charge in [0.1, 0.15) is 0 Å². The van der Waals surface area contributed by atoms with E-state index in [1.807, 2.05) is 0 Å². The minimum absolute atomic E-state index is 0.153. The van der Waals surface area contributed by atoms with Gasteiger partial charge in [-0.1, -0.05) is 290 Å². The van der Waals surface area contributed by atoms with Gasteiger partial charge < -0.3 is 17.2 Å². The van der Waals surface area contributed by atoms with Gasteiger partial charge in [0.15, 0.2) is 0 Å². The number of primary amides is 3. The number of unbranched alkanes of at least 4 members (excludes halogenated alkanes) is 43. The number of hydrogen-bond acceptors (Lipinski definition) is 3. The van der Waals surface area contributed by atoms with Gasteiger partial charge in [-0.3, -0.25) is 14.4 Å². The van der Waals surface area contributed by atoms with E-state index in [2.05, 4.69) is 32.9 Å². The van der Waals surface area contributed by atoms with Crippen molar-refractivity contribution in [3.05, 3.63) is 12.2 Å². The maximum absolute atomic E-state index is 10.6. The van der Waals surface area contributed by atoms with Gasteiger partial charge in [-0.15, -0.1) is 0 Å². The normalized spacial score (nSPS) is 11.0. The van der Waals surface area contributed by atoms with Crippen molar-refractivity contribution in [2.75, 3.05) is 0 Å². The Labute approximate surface area is 401 Å². The fraction of sp³-hybridized carbons (Fsp3) is 0.914. The number of rotatable bonds is 51. The van der Waals surface area contributed by atoms with Gasteiger partial charge in [0.05, 0.1) is 0 Å². The third-order valence-corrected chi connectivity index (χ3v) is 12.7. The predicted octanol–water partition coefficient (Wildman–Crippen LogP) is 18.5. The zero-order valence-electron chi connectivity index (χ0n) is 44.0. The molecule has 0 saturated heterocycles. The minimum atomic E-state index is -0.156. The lowest BCUT2D eigenvalue weighted by molar-refractivity contribution is -0.119. The molecule has 0 rings (SSSR count). The first-order valence-electron chi connectivity index (χ1n) is 28.8. The lowest BCUT2D eigenvalue weighted by Gasteiger charge is -2.03.